The molecule has 0 bridgehead atoms. The molecule has 0 saturated carbocycles. The van der Waals surface area contributed by atoms with Crippen LogP contribution in [0.1, 0.15) is 13.8 Å². The second-order valence-electron chi connectivity index (χ2n) is 2.17. The van der Waals surface area contributed by atoms with E-state index < -0.39 is 0 Å². The quantitative estimate of drug-likeness (QED) is 0.525. The zero-order chi connectivity index (χ0) is 7.56. The van der Waals surface area contributed by atoms with E-state index in [0.29, 0.717) is 0 Å². The lowest BCUT2D eigenvalue weighted by Gasteiger charge is -1.76. The first-order valence-corrected chi connectivity index (χ1v) is 3.35. The SMILES string of the molecule is C/C=c1/cc(N)[nH]/c1=C/C. The molecule has 0 aromatic carbocycles. The number of nitrogens with one attached hydrogen (secondary N) is 1. The fourth-order valence-corrected chi connectivity index (χ4v) is 0.987. The Labute approximate surface area is 60.1 Å². The summed E-state index contributed by atoms with van der Waals surface area (Å²) < 4.78 is 0. The van der Waals surface area contributed by atoms with Crippen LogP contribution >= 0.6 is 0 Å². The zero-order valence-electron chi connectivity index (χ0n) is 6.31. The molecule has 0 radical (unpaired) electrons. The van der Waals surface area contributed by atoms with Gasteiger partial charge < -0.3 is 10.7 Å². The minimum atomic E-state index is 0.723. The van der Waals surface area contributed by atoms with Gasteiger partial charge in [-0.25, -0.2) is 0 Å². The fourth-order valence-electron chi connectivity index (χ4n) is 0.987. The maximum Gasteiger partial charge on any atom is 0.101 e. The number of aromatic amines is 1. The van der Waals surface area contributed by atoms with E-state index in [9.17, 15) is 0 Å². The van der Waals surface area contributed by atoms with Gasteiger partial charge in [-0.05, 0) is 25.1 Å². The van der Waals surface area contributed by atoms with Gasteiger partial charge in [-0.1, -0.05) is 12.2 Å². The van der Waals surface area contributed by atoms with E-state index in [1.165, 1.54) is 5.22 Å². The van der Waals surface area contributed by atoms with Crippen molar-refractivity contribution in [3.8, 4) is 0 Å². The monoisotopic (exact) mass is 136 g/mol. The smallest absolute Gasteiger partial charge is 0.101 e. The van der Waals surface area contributed by atoms with Crippen molar-refractivity contribution in [1.29, 1.82) is 0 Å². The van der Waals surface area contributed by atoms with Gasteiger partial charge in [-0.2, -0.15) is 0 Å². The summed E-state index contributed by atoms with van der Waals surface area (Å²) in [5.74, 6) is 0.723. The van der Waals surface area contributed by atoms with Gasteiger partial charge in [0, 0.05) is 5.35 Å². The molecule has 3 N–H and O–H groups in total. The summed E-state index contributed by atoms with van der Waals surface area (Å²) in [6.45, 7) is 3.98. The van der Waals surface area contributed by atoms with Gasteiger partial charge in [-0.15, -0.1) is 0 Å². The van der Waals surface area contributed by atoms with Crippen molar-refractivity contribution >= 4 is 18.0 Å². The third-order valence-corrected chi connectivity index (χ3v) is 1.50. The molecule has 0 aliphatic rings. The highest BCUT2D eigenvalue weighted by atomic mass is 14.8. The summed E-state index contributed by atoms with van der Waals surface area (Å²) >= 11 is 0. The van der Waals surface area contributed by atoms with Crippen molar-refractivity contribution in [3.05, 3.63) is 16.6 Å². The third kappa shape index (κ3) is 1.05. The Morgan fingerprint density at radius 1 is 1.40 bits per heavy atom. The van der Waals surface area contributed by atoms with Crippen molar-refractivity contribution in [3.63, 3.8) is 0 Å². The summed E-state index contributed by atoms with van der Waals surface area (Å²) in [4.78, 5) is 3.04. The van der Waals surface area contributed by atoms with Crippen molar-refractivity contribution in [2.24, 2.45) is 0 Å². The summed E-state index contributed by atoms with van der Waals surface area (Å²) in [5.41, 5.74) is 5.54. The lowest BCUT2D eigenvalue weighted by Crippen LogP contribution is -2.20. The van der Waals surface area contributed by atoms with Crippen LogP contribution in [0.3, 0.4) is 0 Å². The van der Waals surface area contributed by atoms with Crippen LogP contribution < -0.4 is 16.3 Å². The molecule has 0 amide bonds. The van der Waals surface area contributed by atoms with Crippen LogP contribution in [0.15, 0.2) is 6.07 Å². The Morgan fingerprint density at radius 3 is 2.50 bits per heavy atom. The largest absolute Gasteiger partial charge is 0.385 e. The molecule has 10 heavy (non-hydrogen) atoms. The molecule has 0 spiro atoms. The van der Waals surface area contributed by atoms with E-state index in [1.807, 2.05) is 32.1 Å². The lowest BCUT2D eigenvalue weighted by atomic mass is 10.4. The standard InChI is InChI=1S/C8H12N2/c1-3-6-5-8(9)10-7(6)4-2/h3-5,10H,9H2,1-2H3/b6-3-,7-4+. The van der Waals surface area contributed by atoms with Crippen LogP contribution in [0.25, 0.3) is 12.2 Å². The molecule has 54 valence electrons. The predicted molar refractivity (Wildman–Crippen MR) is 44.7 cm³/mol. The second-order valence-corrected chi connectivity index (χ2v) is 2.17. The topological polar surface area (TPSA) is 41.8 Å². The Hall–Kier alpha value is -1.18. The molecule has 0 unspecified atom stereocenters. The van der Waals surface area contributed by atoms with Crippen LogP contribution in [0.5, 0.6) is 0 Å². The fraction of sp³-hybridized carbons (Fsp3) is 0.250. The molecule has 0 fully saturated rings. The highest BCUT2D eigenvalue weighted by molar-refractivity contribution is 5.36. The molecular formula is C8H12N2. The summed E-state index contributed by atoms with van der Waals surface area (Å²) in [6.07, 6.45) is 4.04. The van der Waals surface area contributed by atoms with Crippen molar-refractivity contribution in [2.75, 3.05) is 5.73 Å². The maximum atomic E-state index is 5.54. The molecule has 2 heteroatoms. The van der Waals surface area contributed by atoms with Crippen LogP contribution in [-0.4, -0.2) is 4.98 Å². The van der Waals surface area contributed by atoms with Gasteiger partial charge in [0.25, 0.3) is 0 Å². The summed E-state index contributed by atoms with van der Waals surface area (Å²) in [7, 11) is 0. The zero-order valence-corrected chi connectivity index (χ0v) is 6.31. The first-order valence-electron chi connectivity index (χ1n) is 3.35. The Balaban J connectivity index is 3.53. The highest BCUT2D eigenvalue weighted by Gasteiger charge is 1.86. The molecule has 1 rings (SSSR count). The van der Waals surface area contributed by atoms with Gasteiger partial charge >= 0.3 is 0 Å². The van der Waals surface area contributed by atoms with Crippen LogP contribution in [-0.2, 0) is 0 Å². The number of hydrogen-bond acceptors (Lipinski definition) is 1. The van der Waals surface area contributed by atoms with Gasteiger partial charge in [0.05, 0.1) is 0 Å². The van der Waals surface area contributed by atoms with Gasteiger partial charge in [-0.3, -0.25) is 0 Å². The number of H-pyrrole nitrogens is 1. The second kappa shape index (κ2) is 2.60. The van der Waals surface area contributed by atoms with Gasteiger partial charge in [0.1, 0.15) is 5.82 Å². The minimum absolute atomic E-state index is 0.723. The van der Waals surface area contributed by atoms with E-state index in [2.05, 4.69) is 4.98 Å². The lowest BCUT2D eigenvalue weighted by molar-refractivity contribution is 1.31. The van der Waals surface area contributed by atoms with Crippen LogP contribution in [0.4, 0.5) is 5.82 Å². The number of rotatable bonds is 0. The first-order chi connectivity index (χ1) is 4.77. The molecule has 0 aliphatic carbocycles. The number of nitrogen functional groups attached to an aromatic ring is 1. The molecule has 1 aromatic heterocycles. The van der Waals surface area contributed by atoms with Crippen molar-refractivity contribution in [1.82, 2.24) is 4.98 Å². The average Bonchev–Trinajstić information content (AvgIpc) is 2.30. The number of nitrogens with two attached hydrogens (primary N) is 1. The first kappa shape index (κ1) is 6.93. The molecule has 0 atom stereocenters. The van der Waals surface area contributed by atoms with Gasteiger partial charge in [0.15, 0.2) is 0 Å². The van der Waals surface area contributed by atoms with Crippen LogP contribution in [0.2, 0.25) is 0 Å². The highest BCUT2D eigenvalue weighted by Crippen LogP contribution is 1.81. The van der Waals surface area contributed by atoms with E-state index in [1.54, 1.807) is 0 Å². The molecule has 0 aliphatic heterocycles. The maximum absolute atomic E-state index is 5.54. The van der Waals surface area contributed by atoms with Crippen molar-refractivity contribution < 1.29 is 0 Å². The van der Waals surface area contributed by atoms with E-state index in [4.69, 9.17) is 5.73 Å². The molecule has 0 saturated heterocycles. The van der Waals surface area contributed by atoms with Crippen molar-refractivity contribution in [2.45, 2.75) is 13.8 Å². The Bertz CT molecular complexity index is 288. The molecule has 2 nitrogen and oxygen atoms in total. The van der Waals surface area contributed by atoms with Crippen LogP contribution in [0, 0.1) is 0 Å². The predicted octanol–water partition coefficient (Wildman–Crippen LogP) is 0.198. The number of aromatic nitrogens is 1. The van der Waals surface area contributed by atoms with Gasteiger partial charge in [0.2, 0.25) is 0 Å². The summed E-state index contributed by atoms with van der Waals surface area (Å²) in [5, 5.41) is 2.26. The molecule has 1 heterocycles. The third-order valence-electron chi connectivity index (χ3n) is 1.50. The summed E-state index contributed by atoms with van der Waals surface area (Å²) in [6, 6.07) is 1.93. The number of anilines is 1. The number of hydrogen-bond donors (Lipinski definition) is 2. The minimum Gasteiger partial charge on any atom is -0.385 e. The average molecular weight is 136 g/mol. The molecule has 1 aromatic rings. The Kier molecular flexibility index (Phi) is 1.81. The van der Waals surface area contributed by atoms with E-state index in [-0.39, 0.29) is 0 Å². The normalized spacial score (nSPS) is 14.6. The van der Waals surface area contributed by atoms with E-state index >= 15 is 0 Å². The molecular weight excluding hydrogens is 124 g/mol. The Morgan fingerprint density at radius 2 is 2.10 bits per heavy atom. The van der Waals surface area contributed by atoms with E-state index in [0.717, 1.165) is 11.2 Å².